The molecule has 0 atom stereocenters. The molecule has 1 amide bonds. The second-order valence-corrected chi connectivity index (χ2v) is 5.55. The fourth-order valence-corrected chi connectivity index (χ4v) is 3.23. The van der Waals surface area contributed by atoms with Crippen LogP contribution in [0.2, 0.25) is 0 Å². The molecule has 1 spiro atoms. The van der Waals surface area contributed by atoms with Crippen LogP contribution >= 0.6 is 0 Å². The summed E-state index contributed by atoms with van der Waals surface area (Å²) in [6.45, 7) is 5.94. The first-order valence-electron chi connectivity index (χ1n) is 7.88. The summed E-state index contributed by atoms with van der Waals surface area (Å²) < 4.78 is 0. The number of benzene rings is 1. The van der Waals surface area contributed by atoms with E-state index in [2.05, 4.69) is 11.4 Å². The maximum Gasteiger partial charge on any atom is 0.214 e. The first-order chi connectivity index (χ1) is 10.1. The molecule has 0 saturated heterocycles. The molecule has 3 nitrogen and oxygen atoms in total. The SMILES string of the molecule is CC.Cc1ccc[c-]c1C1=C(O)C2(CCCCC2)NC1=O.[CH3-].[CH3-].[V].[W].[Y]. The standard InChI is InChI=1S/C16H18NO2.C2H6.2CH3.V.W.Y/c1-11-7-3-4-8-12(11)13-14(18)16(17-15(13)19)9-5-2-6-10-16;1-2;;;;;/h3-4,7,18H,2,5-6,9-10H2,1H3,(H,17,19);1-2H3;2*1H3;;;/q-1;;2*-1;;;. The molecule has 1 saturated carbocycles. The number of aliphatic hydroxyl groups is 1. The Morgan fingerprint density at radius 3 is 2.19 bits per heavy atom. The third-order valence-corrected chi connectivity index (χ3v) is 4.29. The molecule has 6 heteroatoms. The zero-order valence-corrected chi connectivity index (χ0v) is 23.7. The van der Waals surface area contributed by atoms with Crippen molar-refractivity contribution in [1.82, 2.24) is 5.32 Å². The Labute approximate surface area is 211 Å². The number of hydrogen-bond acceptors (Lipinski definition) is 2. The Bertz CT molecular complexity index is 573. The normalized spacial score (nSPS) is 16.2. The van der Waals surface area contributed by atoms with E-state index in [0.29, 0.717) is 5.57 Å². The second kappa shape index (κ2) is 15.5. The second-order valence-electron chi connectivity index (χ2n) is 5.55. The Morgan fingerprint density at radius 1 is 1.15 bits per heavy atom. The van der Waals surface area contributed by atoms with Crippen LogP contribution < -0.4 is 5.32 Å². The number of aryl methyl sites for hydroxylation is 1. The minimum absolute atomic E-state index is 0. The van der Waals surface area contributed by atoms with Crippen molar-refractivity contribution < 1.29 is 82.2 Å². The van der Waals surface area contributed by atoms with Crippen LogP contribution in [0.1, 0.15) is 57.1 Å². The fourth-order valence-electron chi connectivity index (χ4n) is 3.23. The molecule has 1 aliphatic carbocycles. The predicted molar refractivity (Wildman–Crippen MR) is 97.7 cm³/mol. The number of hydrogen-bond donors (Lipinski definition) is 2. The minimum Gasteiger partial charge on any atom is -0.519 e. The van der Waals surface area contributed by atoms with Crippen LogP contribution in [-0.4, -0.2) is 16.6 Å². The molecule has 1 aromatic rings. The Kier molecular flexibility index (Phi) is 20.4. The number of amides is 1. The first kappa shape index (κ1) is 34.1. The Balaban J connectivity index is -0.000000335. The third kappa shape index (κ3) is 6.89. The van der Waals surface area contributed by atoms with E-state index in [1.165, 1.54) is 6.42 Å². The van der Waals surface area contributed by atoms with Gasteiger partial charge in [0.1, 0.15) is 0 Å². The van der Waals surface area contributed by atoms with Gasteiger partial charge in [0, 0.05) is 77.9 Å². The molecule has 26 heavy (non-hydrogen) atoms. The molecule has 2 N–H and O–H groups in total. The van der Waals surface area contributed by atoms with Gasteiger partial charge in [0.05, 0.1) is 11.3 Å². The molecule has 1 aliphatic heterocycles. The molecule has 0 bridgehead atoms. The van der Waals surface area contributed by atoms with Crippen molar-refractivity contribution in [2.75, 3.05) is 0 Å². The minimum atomic E-state index is -0.513. The van der Waals surface area contributed by atoms with Crippen LogP contribution in [0.15, 0.2) is 24.0 Å². The average molecular weight is 640 g/mol. The fraction of sp³-hybridized carbons (Fsp3) is 0.450. The van der Waals surface area contributed by atoms with Crippen molar-refractivity contribution in [2.45, 2.75) is 58.4 Å². The van der Waals surface area contributed by atoms with Crippen LogP contribution in [0, 0.1) is 27.8 Å². The van der Waals surface area contributed by atoms with E-state index in [-0.39, 0.29) is 98.8 Å². The third-order valence-electron chi connectivity index (χ3n) is 4.29. The summed E-state index contributed by atoms with van der Waals surface area (Å²) >= 11 is 0. The topological polar surface area (TPSA) is 49.3 Å². The average Bonchev–Trinajstić information content (AvgIpc) is 2.74. The zero-order chi connectivity index (χ0) is 15.5. The van der Waals surface area contributed by atoms with Crippen LogP contribution in [0.4, 0.5) is 0 Å². The van der Waals surface area contributed by atoms with E-state index < -0.39 is 5.54 Å². The van der Waals surface area contributed by atoms with Crippen molar-refractivity contribution in [3.05, 3.63) is 56.0 Å². The number of carbonyl (C=O) groups is 1. The van der Waals surface area contributed by atoms with Crippen molar-refractivity contribution in [3.63, 3.8) is 0 Å². The van der Waals surface area contributed by atoms with Crippen molar-refractivity contribution in [3.8, 4) is 0 Å². The van der Waals surface area contributed by atoms with Gasteiger partial charge in [0.25, 0.3) is 0 Å². The largest absolute Gasteiger partial charge is 0.519 e. The molecular formula is C20H30NO2VWY-3. The van der Waals surface area contributed by atoms with E-state index in [1.54, 1.807) is 6.07 Å². The van der Waals surface area contributed by atoms with Crippen LogP contribution in [0.25, 0.3) is 5.57 Å². The molecule has 1 fully saturated rings. The predicted octanol–water partition coefficient (Wildman–Crippen LogP) is 4.82. The van der Waals surface area contributed by atoms with Gasteiger partial charge in [-0.1, -0.05) is 40.0 Å². The smallest absolute Gasteiger partial charge is 0.214 e. The van der Waals surface area contributed by atoms with E-state index in [0.717, 1.165) is 36.8 Å². The molecule has 0 aromatic heterocycles. The van der Waals surface area contributed by atoms with Crippen LogP contribution in [-0.2, 0) is 77.1 Å². The quantitative estimate of drug-likeness (QED) is 0.434. The Morgan fingerprint density at radius 2 is 1.69 bits per heavy atom. The summed E-state index contributed by atoms with van der Waals surface area (Å²) in [6.07, 6.45) is 4.95. The van der Waals surface area contributed by atoms with Gasteiger partial charge in [-0.25, -0.2) is 0 Å². The van der Waals surface area contributed by atoms with E-state index in [1.807, 2.05) is 32.9 Å². The van der Waals surface area contributed by atoms with Crippen molar-refractivity contribution in [1.29, 1.82) is 0 Å². The van der Waals surface area contributed by atoms with Gasteiger partial charge in [-0.3, -0.25) is 4.79 Å². The van der Waals surface area contributed by atoms with Crippen LogP contribution in [0.3, 0.4) is 0 Å². The first-order valence-corrected chi connectivity index (χ1v) is 7.88. The number of rotatable bonds is 1. The van der Waals surface area contributed by atoms with Crippen molar-refractivity contribution in [2.24, 2.45) is 0 Å². The summed E-state index contributed by atoms with van der Waals surface area (Å²) in [5.74, 6) is 0.0627. The molecule has 144 valence electrons. The maximum atomic E-state index is 12.3. The Hall–Kier alpha value is 0.607. The summed E-state index contributed by atoms with van der Waals surface area (Å²) in [7, 11) is 0. The van der Waals surface area contributed by atoms with Crippen molar-refractivity contribution >= 4 is 11.5 Å². The number of carbonyl (C=O) groups excluding carboxylic acids is 1. The molecule has 0 unspecified atom stereocenters. The number of aliphatic hydroxyl groups excluding tert-OH is 1. The molecule has 2 radical (unpaired) electrons. The monoisotopic (exact) mass is 640 g/mol. The molecular weight excluding hydrogens is 610 g/mol. The summed E-state index contributed by atoms with van der Waals surface area (Å²) in [5.41, 5.74) is 1.59. The molecule has 2 aliphatic rings. The van der Waals surface area contributed by atoms with Gasteiger partial charge < -0.3 is 25.3 Å². The molecule has 1 aromatic carbocycles. The van der Waals surface area contributed by atoms with Gasteiger partial charge in [-0.05, 0) is 12.8 Å². The summed E-state index contributed by atoms with van der Waals surface area (Å²) in [4.78, 5) is 12.3. The van der Waals surface area contributed by atoms with E-state index in [9.17, 15) is 9.90 Å². The van der Waals surface area contributed by atoms with Gasteiger partial charge in [-0.15, -0.1) is 35.4 Å². The zero-order valence-electron chi connectivity index (χ0n) is 16.6. The van der Waals surface area contributed by atoms with Gasteiger partial charge in [0.15, 0.2) is 0 Å². The molecule has 3 rings (SSSR count). The summed E-state index contributed by atoms with van der Waals surface area (Å²) in [5, 5.41) is 13.6. The van der Waals surface area contributed by atoms with E-state index in [4.69, 9.17) is 0 Å². The van der Waals surface area contributed by atoms with Gasteiger partial charge in [-0.2, -0.15) is 0 Å². The summed E-state index contributed by atoms with van der Waals surface area (Å²) in [6, 6.07) is 8.69. The molecule has 1 heterocycles. The van der Waals surface area contributed by atoms with E-state index >= 15 is 0 Å². The maximum absolute atomic E-state index is 12.3. The van der Waals surface area contributed by atoms with Gasteiger partial charge >= 0.3 is 0 Å². The van der Waals surface area contributed by atoms with Gasteiger partial charge in [0.2, 0.25) is 5.91 Å². The van der Waals surface area contributed by atoms with Crippen LogP contribution in [0.5, 0.6) is 0 Å². The number of nitrogens with one attached hydrogen (secondary N) is 1.